The molecular weight excluding hydrogens is 318 g/mol. The molecule has 0 heterocycles. The number of phenolic OH excluding ortho intramolecular Hbond substituents is 1. The van der Waals surface area contributed by atoms with Gasteiger partial charge in [-0.2, -0.15) is 0 Å². The lowest BCUT2D eigenvalue weighted by molar-refractivity contribution is 0.102. The monoisotopic (exact) mass is 333 g/mol. The first kappa shape index (κ1) is 14.6. The van der Waals surface area contributed by atoms with Gasteiger partial charge in [0.25, 0.3) is 5.91 Å². The van der Waals surface area contributed by atoms with E-state index >= 15 is 0 Å². The number of aryl methyl sites for hydroxylation is 2. The summed E-state index contributed by atoms with van der Waals surface area (Å²) in [6, 6.07) is 12.8. The summed E-state index contributed by atoms with van der Waals surface area (Å²) in [6.07, 6.45) is 0.951. The lowest BCUT2D eigenvalue weighted by atomic mass is 10.1. The van der Waals surface area contributed by atoms with E-state index in [-0.39, 0.29) is 17.2 Å². The first-order valence-corrected chi connectivity index (χ1v) is 7.49. The zero-order valence-electron chi connectivity index (χ0n) is 11.2. The van der Waals surface area contributed by atoms with Gasteiger partial charge in [-0.1, -0.05) is 40.2 Å². The van der Waals surface area contributed by atoms with Gasteiger partial charge in [0.1, 0.15) is 5.75 Å². The van der Waals surface area contributed by atoms with Gasteiger partial charge in [-0.25, -0.2) is 0 Å². The smallest absolute Gasteiger partial charge is 0.259 e. The molecule has 0 radical (unpaired) electrons. The van der Waals surface area contributed by atoms with Crippen molar-refractivity contribution in [3.63, 3.8) is 0 Å². The van der Waals surface area contributed by atoms with Crippen molar-refractivity contribution >= 4 is 27.5 Å². The van der Waals surface area contributed by atoms with E-state index in [0.717, 1.165) is 11.8 Å². The third-order valence-electron chi connectivity index (χ3n) is 3.08. The van der Waals surface area contributed by atoms with Crippen molar-refractivity contribution in [1.82, 2.24) is 0 Å². The van der Waals surface area contributed by atoms with Crippen LogP contribution in [0.5, 0.6) is 5.75 Å². The lowest BCUT2D eigenvalue weighted by Gasteiger charge is -2.09. The Balaban J connectivity index is 2.13. The predicted molar refractivity (Wildman–Crippen MR) is 84.7 cm³/mol. The van der Waals surface area contributed by atoms with Gasteiger partial charge in [0.15, 0.2) is 0 Å². The number of rotatable bonds is 4. The number of carbonyl (C=O) groups is 1. The predicted octanol–water partition coefficient (Wildman–Crippen LogP) is 3.89. The third kappa shape index (κ3) is 3.39. The minimum absolute atomic E-state index is 0.0286. The molecule has 1 amide bonds. The molecule has 4 heteroatoms. The zero-order chi connectivity index (χ0) is 14.5. The van der Waals surface area contributed by atoms with Crippen LogP contribution in [0.1, 0.15) is 21.5 Å². The van der Waals surface area contributed by atoms with E-state index in [1.54, 1.807) is 25.1 Å². The fourth-order valence-electron chi connectivity index (χ4n) is 1.90. The highest BCUT2D eigenvalue weighted by atomic mass is 79.9. The molecule has 0 fully saturated rings. The maximum atomic E-state index is 12.1. The normalized spacial score (nSPS) is 10.3. The molecular formula is C16H16BrNO2. The Morgan fingerprint density at radius 3 is 2.55 bits per heavy atom. The second-order valence-corrected chi connectivity index (χ2v) is 5.35. The molecule has 0 aliphatic carbocycles. The lowest BCUT2D eigenvalue weighted by Crippen LogP contribution is -2.12. The average Bonchev–Trinajstić information content (AvgIpc) is 2.44. The van der Waals surface area contributed by atoms with E-state index in [1.807, 2.05) is 24.3 Å². The summed E-state index contributed by atoms with van der Waals surface area (Å²) < 4.78 is 0. The molecule has 2 rings (SSSR count). The fraction of sp³-hybridized carbons (Fsp3) is 0.188. The zero-order valence-corrected chi connectivity index (χ0v) is 12.8. The Hall–Kier alpha value is -1.81. The Kier molecular flexibility index (Phi) is 4.79. The number of carbonyl (C=O) groups excluding carboxylic acids is 1. The molecule has 104 valence electrons. The van der Waals surface area contributed by atoms with E-state index < -0.39 is 0 Å². The van der Waals surface area contributed by atoms with Gasteiger partial charge in [0.05, 0.1) is 5.56 Å². The number of para-hydroxylation sites is 1. The van der Waals surface area contributed by atoms with Crippen molar-refractivity contribution in [3.8, 4) is 5.75 Å². The molecule has 3 nitrogen and oxygen atoms in total. The van der Waals surface area contributed by atoms with Crippen LogP contribution in [0.2, 0.25) is 0 Å². The quantitative estimate of drug-likeness (QED) is 0.834. The molecule has 2 N–H and O–H groups in total. The van der Waals surface area contributed by atoms with Crippen molar-refractivity contribution in [2.45, 2.75) is 13.3 Å². The molecule has 0 atom stereocenters. The number of hydrogen-bond acceptors (Lipinski definition) is 2. The number of phenols is 1. The maximum Gasteiger partial charge on any atom is 0.259 e. The van der Waals surface area contributed by atoms with Crippen LogP contribution in [0.3, 0.4) is 0 Å². The number of nitrogens with one attached hydrogen (secondary N) is 1. The minimum Gasteiger partial charge on any atom is -0.507 e. The molecule has 0 saturated heterocycles. The highest BCUT2D eigenvalue weighted by Crippen LogP contribution is 2.22. The van der Waals surface area contributed by atoms with E-state index in [0.29, 0.717) is 11.3 Å². The second-order valence-electron chi connectivity index (χ2n) is 4.56. The number of amides is 1. The van der Waals surface area contributed by atoms with Gasteiger partial charge in [-0.3, -0.25) is 4.79 Å². The molecule has 0 saturated carbocycles. The van der Waals surface area contributed by atoms with E-state index in [4.69, 9.17) is 0 Å². The molecule has 2 aromatic carbocycles. The summed E-state index contributed by atoms with van der Waals surface area (Å²) >= 11 is 3.39. The molecule has 0 bridgehead atoms. The summed E-state index contributed by atoms with van der Waals surface area (Å²) in [7, 11) is 0. The Morgan fingerprint density at radius 2 is 1.90 bits per heavy atom. The maximum absolute atomic E-state index is 12.1. The van der Waals surface area contributed by atoms with E-state index in [1.165, 1.54) is 5.56 Å². The van der Waals surface area contributed by atoms with E-state index in [9.17, 15) is 9.90 Å². The molecule has 0 aliphatic rings. The Morgan fingerprint density at radius 1 is 1.20 bits per heavy atom. The third-order valence-corrected chi connectivity index (χ3v) is 3.47. The first-order chi connectivity index (χ1) is 9.61. The van der Waals surface area contributed by atoms with Crippen molar-refractivity contribution in [1.29, 1.82) is 0 Å². The molecule has 20 heavy (non-hydrogen) atoms. The van der Waals surface area contributed by atoms with Gasteiger partial charge in [-0.15, -0.1) is 0 Å². The molecule has 0 aromatic heterocycles. The number of hydrogen-bond donors (Lipinski definition) is 2. The van der Waals surface area contributed by atoms with Crippen LogP contribution in [0.15, 0.2) is 42.5 Å². The first-order valence-electron chi connectivity index (χ1n) is 6.36. The van der Waals surface area contributed by atoms with Gasteiger partial charge in [0.2, 0.25) is 0 Å². The minimum atomic E-state index is -0.306. The number of aromatic hydroxyl groups is 1. The van der Waals surface area contributed by atoms with Crippen LogP contribution >= 0.6 is 15.9 Å². The van der Waals surface area contributed by atoms with Crippen molar-refractivity contribution in [2.75, 3.05) is 10.6 Å². The van der Waals surface area contributed by atoms with Crippen LogP contribution in [0.25, 0.3) is 0 Å². The summed E-state index contributed by atoms with van der Waals surface area (Å²) in [5.74, 6) is -0.277. The average molecular weight is 334 g/mol. The largest absolute Gasteiger partial charge is 0.507 e. The van der Waals surface area contributed by atoms with Crippen molar-refractivity contribution < 1.29 is 9.90 Å². The van der Waals surface area contributed by atoms with Crippen LogP contribution in [0, 0.1) is 6.92 Å². The van der Waals surface area contributed by atoms with Crippen LogP contribution in [-0.4, -0.2) is 16.3 Å². The number of alkyl halides is 1. The summed E-state index contributed by atoms with van der Waals surface area (Å²) in [6.45, 7) is 1.77. The van der Waals surface area contributed by atoms with Gasteiger partial charge < -0.3 is 10.4 Å². The van der Waals surface area contributed by atoms with Crippen LogP contribution < -0.4 is 5.32 Å². The molecule has 0 unspecified atom stereocenters. The highest BCUT2D eigenvalue weighted by Gasteiger charge is 2.12. The van der Waals surface area contributed by atoms with Gasteiger partial charge >= 0.3 is 0 Å². The summed E-state index contributed by atoms with van der Waals surface area (Å²) in [4.78, 5) is 12.1. The SMILES string of the molecule is Cc1cccc(C(=O)Nc2ccc(CCBr)cc2)c1O. The van der Waals surface area contributed by atoms with Gasteiger partial charge in [0, 0.05) is 11.0 Å². The van der Waals surface area contributed by atoms with Crippen molar-refractivity contribution in [2.24, 2.45) is 0 Å². The Labute approximate surface area is 126 Å². The highest BCUT2D eigenvalue weighted by molar-refractivity contribution is 9.09. The second kappa shape index (κ2) is 6.57. The molecule has 0 aliphatic heterocycles. The topological polar surface area (TPSA) is 49.3 Å². The van der Waals surface area contributed by atoms with Gasteiger partial charge in [-0.05, 0) is 42.7 Å². The fourth-order valence-corrected chi connectivity index (χ4v) is 2.36. The standard InChI is InChI=1S/C16H16BrNO2/c1-11-3-2-4-14(15(11)19)16(20)18-13-7-5-12(6-8-13)9-10-17/h2-8,19H,9-10H2,1H3,(H,18,20). The Bertz CT molecular complexity index is 608. The number of anilines is 1. The van der Waals surface area contributed by atoms with Crippen LogP contribution in [0.4, 0.5) is 5.69 Å². The van der Waals surface area contributed by atoms with Crippen molar-refractivity contribution in [3.05, 3.63) is 59.2 Å². The summed E-state index contributed by atoms with van der Waals surface area (Å²) in [5, 5.41) is 13.6. The number of halogens is 1. The molecule has 0 spiro atoms. The number of benzene rings is 2. The molecule has 2 aromatic rings. The van der Waals surface area contributed by atoms with Crippen LogP contribution in [-0.2, 0) is 6.42 Å². The van der Waals surface area contributed by atoms with E-state index in [2.05, 4.69) is 21.2 Å². The summed E-state index contributed by atoms with van der Waals surface area (Å²) in [5.41, 5.74) is 2.90.